The van der Waals surface area contributed by atoms with Gasteiger partial charge in [-0.2, -0.15) is 0 Å². The smallest absolute Gasteiger partial charge is 0.120 e. The molecule has 0 saturated carbocycles. The zero-order valence-electron chi connectivity index (χ0n) is 7.26. The highest BCUT2D eigenvalue weighted by molar-refractivity contribution is 4.33. The van der Waals surface area contributed by atoms with Gasteiger partial charge < -0.3 is 19.4 Å². The van der Waals surface area contributed by atoms with Crippen LogP contribution >= 0.6 is 0 Å². The molecule has 0 atom stereocenters. The van der Waals surface area contributed by atoms with Crippen LogP contribution in [0.1, 0.15) is 0 Å². The molecule has 0 rings (SSSR count). The highest BCUT2D eigenvalue weighted by Crippen LogP contribution is 1.81. The summed E-state index contributed by atoms with van der Waals surface area (Å²) in [7, 11) is 0. The van der Waals surface area contributed by atoms with Crippen molar-refractivity contribution in [1.82, 2.24) is 0 Å². The fraction of sp³-hybridized carbons (Fsp3) is 1.00. The minimum absolute atomic E-state index is 0.0139. The molecule has 0 unspecified atom stereocenters. The third-order valence-electron chi connectivity index (χ3n) is 1.02. The van der Waals surface area contributed by atoms with E-state index in [-0.39, 0.29) is 13.2 Å². The fourth-order valence-corrected chi connectivity index (χ4v) is 0.549. The second-order valence-electron chi connectivity index (χ2n) is 1.95. The van der Waals surface area contributed by atoms with Gasteiger partial charge in [0.25, 0.3) is 0 Å². The Labute approximate surface area is 75.8 Å². The molecule has 7 nitrogen and oxygen atoms in total. The van der Waals surface area contributed by atoms with E-state index < -0.39 is 0 Å². The molecule has 0 aromatic carbocycles. The minimum atomic E-state index is 0.0139. The standard InChI is InChI=1S/C6H13N3O4/c7-8-9-13-6-5-12-4-3-11-2-1-10/h10H,1-6H2. The van der Waals surface area contributed by atoms with Crippen molar-refractivity contribution in [2.24, 2.45) is 5.28 Å². The second kappa shape index (κ2) is 11.0. The van der Waals surface area contributed by atoms with Crippen LogP contribution in [-0.4, -0.2) is 44.7 Å². The van der Waals surface area contributed by atoms with Crippen LogP contribution in [0.25, 0.3) is 10.4 Å². The lowest BCUT2D eigenvalue weighted by molar-refractivity contribution is 0.00772. The SMILES string of the molecule is [N-]=[N+]=NOCCOCCOCCO. The first-order valence-corrected chi connectivity index (χ1v) is 3.84. The summed E-state index contributed by atoms with van der Waals surface area (Å²) in [6.45, 7) is 1.77. The van der Waals surface area contributed by atoms with E-state index in [2.05, 4.69) is 15.0 Å². The first-order chi connectivity index (χ1) is 6.41. The number of hydrogen-bond donors (Lipinski definition) is 1. The molecule has 0 fully saturated rings. The maximum absolute atomic E-state index is 8.33. The molecule has 0 aliphatic carbocycles. The Bertz CT molecular complexity index is 149. The molecule has 0 saturated heterocycles. The van der Waals surface area contributed by atoms with Gasteiger partial charge in [-0.05, 0) is 5.53 Å². The minimum Gasteiger partial charge on any atom is -0.431 e. The summed E-state index contributed by atoms with van der Waals surface area (Å²) < 4.78 is 9.92. The number of aliphatic hydroxyl groups is 1. The quantitative estimate of drug-likeness (QED) is 0.186. The van der Waals surface area contributed by atoms with Gasteiger partial charge in [0.15, 0.2) is 0 Å². The molecule has 7 heteroatoms. The Morgan fingerprint density at radius 3 is 2.31 bits per heavy atom. The van der Waals surface area contributed by atoms with Gasteiger partial charge in [0.2, 0.25) is 0 Å². The molecular weight excluding hydrogens is 178 g/mol. The van der Waals surface area contributed by atoms with E-state index >= 15 is 0 Å². The van der Waals surface area contributed by atoms with Crippen molar-refractivity contribution in [2.75, 3.05) is 39.6 Å². The average Bonchev–Trinajstić information content (AvgIpc) is 2.16. The van der Waals surface area contributed by atoms with Crippen LogP contribution in [0.3, 0.4) is 0 Å². The summed E-state index contributed by atoms with van der Waals surface area (Å²) in [6, 6.07) is 0. The Morgan fingerprint density at radius 1 is 1.08 bits per heavy atom. The summed E-state index contributed by atoms with van der Waals surface area (Å²) >= 11 is 0. The Morgan fingerprint density at radius 2 is 1.69 bits per heavy atom. The number of aliphatic hydroxyl groups excluding tert-OH is 1. The molecule has 13 heavy (non-hydrogen) atoms. The Balaban J connectivity index is 2.87. The van der Waals surface area contributed by atoms with E-state index in [1.807, 2.05) is 0 Å². The third kappa shape index (κ3) is 11.0. The van der Waals surface area contributed by atoms with Crippen LogP contribution in [-0.2, 0) is 14.3 Å². The molecule has 0 aromatic rings. The first kappa shape index (κ1) is 12.0. The van der Waals surface area contributed by atoms with Gasteiger partial charge >= 0.3 is 0 Å². The molecule has 0 heterocycles. The summed E-state index contributed by atoms with van der Waals surface area (Å²) in [5, 5.41) is 11.2. The predicted molar refractivity (Wildman–Crippen MR) is 43.8 cm³/mol. The lowest BCUT2D eigenvalue weighted by atomic mass is 10.7. The summed E-state index contributed by atoms with van der Waals surface area (Å²) in [5.74, 6) is 0. The van der Waals surface area contributed by atoms with Crippen molar-refractivity contribution in [3.05, 3.63) is 10.4 Å². The molecule has 0 bridgehead atoms. The van der Waals surface area contributed by atoms with Crippen molar-refractivity contribution in [2.45, 2.75) is 0 Å². The van der Waals surface area contributed by atoms with Crippen molar-refractivity contribution in [1.29, 1.82) is 0 Å². The predicted octanol–water partition coefficient (Wildman–Crippen LogP) is 0.254. The van der Waals surface area contributed by atoms with E-state index in [1.54, 1.807) is 0 Å². The zero-order chi connectivity index (χ0) is 9.78. The van der Waals surface area contributed by atoms with Gasteiger partial charge in [-0.15, -0.1) is 0 Å². The fourth-order valence-electron chi connectivity index (χ4n) is 0.549. The molecular formula is C6H13N3O4. The van der Waals surface area contributed by atoms with Crippen molar-refractivity contribution < 1.29 is 19.4 Å². The average molecular weight is 191 g/mol. The first-order valence-electron chi connectivity index (χ1n) is 3.84. The van der Waals surface area contributed by atoms with Crippen LogP contribution in [0.4, 0.5) is 0 Å². The van der Waals surface area contributed by atoms with Gasteiger partial charge in [0, 0.05) is 4.91 Å². The largest absolute Gasteiger partial charge is 0.431 e. The number of nitrogens with zero attached hydrogens (tertiary/aromatic N) is 3. The molecule has 1 N–H and O–H groups in total. The van der Waals surface area contributed by atoms with E-state index in [0.717, 1.165) is 0 Å². The van der Waals surface area contributed by atoms with Crippen molar-refractivity contribution in [3.63, 3.8) is 0 Å². The van der Waals surface area contributed by atoms with Gasteiger partial charge in [-0.3, -0.25) is 0 Å². The van der Waals surface area contributed by atoms with Crippen LogP contribution in [0, 0.1) is 0 Å². The number of rotatable bonds is 9. The van der Waals surface area contributed by atoms with Crippen LogP contribution in [0.5, 0.6) is 0 Å². The summed E-state index contributed by atoms with van der Waals surface area (Å²) in [6.07, 6.45) is 0. The van der Waals surface area contributed by atoms with Gasteiger partial charge in [0.05, 0.1) is 33.0 Å². The number of ether oxygens (including phenoxy) is 2. The molecule has 0 spiro atoms. The van der Waals surface area contributed by atoms with Gasteiger partial charge in [-0.1, -0.05) is 0 Å². The van der Waals surface area contributed by atoms with E-state index in [4.69, 9.17) is 20.1 Å². The second-order valence-corrected chi connectivity index (χ2v) is 1.95. The lowest BCUT2D eigenvalue weighted by Gasteiger charge is -2.03. The van der Waals surface area contributed by atoms with Crippen molar-refractivity contribution in [3.8, 4) is 0 Å². The van der Waals surface area contributed by atoms with Crippen LogP contribution < -0.4 is 0 Å². The molecule has 0 aliphatic heterocycles. The maximum Gasteiger partial charge on any atom is 0.120 e. The van der Waals surface area contributed by atoms with E-state index in [9.17, 15) is 0 Å². The zero-order valence-corrected chi connectivity index (χ0v) is 7.26. The maximum atomic E-state index is 8.33. The monoisotopic (exact) mass is 191 g/mol. The molecule has 0 radical (unpaired) electrons. The van der Waals surface area contributed by atoms with Crippen LogP contribution in [0.2, 0.25) is 0 Å². The Hall–Kier alpha value is -1.01. The number of hydrogen-bond acceptors (Lipinski definition) is 5. The summed E-state index contributed by atoms with van der Waals surface area (Å²) in [5.41, 5.74) is 7.81. The molecule has 76 valence electrons. The highest BCUT2D eigenvalue weighted by Gasteiger charge is 1.88. The van der Waals surface area contributed by atoms with Gasteiger partial charge in [0.1, 0.15) is 11.9 Å². The molecule has 0 aliphatic rings. The van der Waals surface area contributed by atoms with Crippen LogP contribution in [0.15, 0.2) is 5.28 Å². The lowest BCUT2D eigenvalue weighted by Crippen LogP contribution is -2.09. The van der Waals surface area contributed by atoms with E-state index in [1.165, 1.54) is 0 Å². The topological polar surface area (TPSA) is 96.7 Å². The third-order valence-corrected chi connectivity index (χ3v) is 1.02. The van der Waals surface area contributed by atoms with E-state index in [0.29, 0.717) is 26.4 Å². The molecule has 0 amide bonds. The normalized spacial score (nSPS) is 9.31. The number of azide groups is 1. The molecule has 0 aromatic heterocycles. The van der Waals surface area contributed by atoms with Crippen molar-refractivity contribution >= 4 is 0 Å². The highest BCUT2D eigenvalue weighted by atomic mass is 16.7. The Kier molecular flexibility index (Phi) is 10.1. The summed E-state index contributed by atoms with van der Waals surface area (Å²) in [4.78, 5) is 6.80. The van der Waals surface area contributed by atoms with Gasteiger partial charge in [-0.25, -0.2) is 0 Å².